The van der Waals surface area contributed by atoms with Gasteiger partial charge in [0.1, 0.15) is 5.82 Å². The Labute approximate surface area is 126 Å². The van der Waals surface area contributed by atoms with Crippen LogP contribution in [0.2, 0.25) is 0 Å². The molecule has 0 aromatic heterocycles. The predicted molar refractivity (Wildman–Crippen MR) is 85.2 cm³/mol. The van der Waals surface area contributed by atoms with Crippen molar-refractivity contribution in [2.75, 3.05) is 27.2 Å². The molecule has 0 aliphatic heterocycles. The fourth-order valence-electron chi connectivity index (χ4n) is 1.78. The molecule has 0 aliphatic rings. The molecule has 0 fully saturated rings. The number of hydrogen-bond acceptors (Lipinski definition) is 2. The average molecular weight is 295 g/mol. The minimum Gasteiger partial charge on any atom is -0.377 e. The van der Waals surface area contributed by atoms with Gasteiger partial charge in [-0.1, -0.05) is 12.1 Å². The molecule has 5 heteroatoms. The molecule has 118 valence electrons. The molecule has 0 saturated carbocycles. The number of aryl methyl sites for hydroxylation is 1. The van der Waals surface area contributed by atoms with Crippen molar-refractivity contribution in [2.45, 2.75) is 32.3 Å². The third-order valence-electron chi connectivity index (χ3n) is 3.28. The molecule has 0 unspecified atom stereocenters. The number of ether oxygens (including phenoxy) is 1. The van der Waals surface area contributed by atoms with E-state index in [2.05, 4.69) is 15.6 Å². The molecule has 1 rings (SSSR count). The van der Waals surface area contributed by atoms with Crippen molar-refractivity contribution in [3.8, 4) is 0 Å². The Morgan fingerprint density at radius 2 is 2.10 bits per heavy atom. The molecule has 0 saturated heterocycles. The lowest BCUT2D eigenvalue weighted by Crippen LogP contribution is -2.45. The highest BCUT2D eigenvalue weighted by Crippen LogP contribution is 2.06. The molecular weight excluding hydrogens is 269 g/mol. The molecule has 4 nitrogen and oxygen atoms in total. The summed E-state index contributed by atoms with van der Waals surface area (Å²) < 4.78 is 18.4. The van der Waals surface area contributed by atoms with Crippen LogP contribution in [0.1, 0.15) is 25.8 Å². The Bertz CT molecular complexity index is 461. The zero-order chi connectivity index (χ0) is 15.7. The minimum atomic E-state index is -0.237. The van der Waals surface area contributed by atoms with E-state index >= 15 is 0 Å². The minimum absolute atomic E-state index is 0.181. The first-order valence-electron chi connectivity index (χ1n) is 7.21. The molecule has 0 heterocycles. The van der Waals surface area contributed by atoms with Crippen molar-refractivity contribution in [3.05, 3.63) is 35.6 Å². The Hall–Kier alpha value is -1.62. The van der Waals surface area contributed by atoms with Gasteiger partial charge in [0.25, 0.3) is 0 Å². The third-order valence-corrected chi connectivity index (χ3v) is 3.28. The van der Waals surface area contributed by atoms with Crippen molar-refractivity contribution in [1.29, 1.82) is 0 Å². The highest BCUT2D eigenvalue weighted by Gasteiger charge is 2.16. The number of methoxy groups -OCH3 is 1. The quantitative estimate of drug-likeness (QED) is 0.461. The summed E-state index contributed by atoms with van der Waals surface area (Å²) >= 11 is 0. The number of halogens is 1. The molecule has 0 spiro atoms. The molecule has 1 aromatic carbocycles. The standard InChI is InChI=1S/C16H26FN3O/c1-16(2,21-4)12-20-15(18-3)19-10-6-8-13-7-5-9-14(17)11-13/h5,7,9,11H,6,8,10,12H2,1-4H3,(H2,18,19,20). The van der Waals surface area contributed by atoms with Crippen LogP contribution in [0, 0.1) is 5.82 Å². The van der Waals surface area contributed by atoms with E-state index in [0.29, 0.717) is 6.54 Å². The zero-order valence-corrected chi connectivity index (χ0v) is 13.4. The molecule has 0 atom stereocenters. The van der Waals surface area contributed by atoms with Crippen molar-refractivity contribution in [2.24, 2.45) is 4.99 Å². The van der Waals surface area contributed by atoms with Gasteiger partial charge in [-0.05, 0) is 44.4 Å². The number of benzene rings is 1. The van der Waals surface area contributed by atoms with Gasteiger partial charge in [-0.15, -0.1) is 0 Å². The number of guanidine groups is 1. The maximum atomic E-state index is 13.0. The summed E-state index contributed by atoms with van der Waals surface area (Å²) in [5.74, 6) is 0.569. The monoisotopic (exact) mass is 295 g/mol. The Balaban J connectivity index is 2.27. The molecule has 0 amide bonds. The summed E-state index contributed by atoms with van der Waals surface area (Å²) in [4.78, 5) is 4.16. The van der Waals surface area contributed by atoms with Crippen LogP contribution in [0.15, 0.2) is 29.3 Å². The summed E-state index contributed by atoms with van der Waals surface area (Å²) in [6.45, 7) is 5.48. The van der Waals surface area contributed by atoms with Gasteiger partial charge in [0.15, 0.2) is 5.96 Å². The molecule has 1 aromatic rings. The maximum absolute atomic E-state index is 13.0. The summed E-state index contributed by atoms with van der Waals surface area (Å²) in [7, 11) is 3.43. The van der Waals surface area contributed by atoms with E-state index in [4.69, 9.17) is 4.74 Å². The topological polar surface area (TPSA) is 45.7 Å². The predicted octanol–water partition coefficient (Wildman–Crippen LogP) is 2.35. The van der Waals surface area contributed by atoms with Crippen LogP contribution in [-0.2, 0) is 11.2 Å². The highest BCUT2D eigenvalue weighted by atomic mass is 19.1. The van der Waals surface area contributed by atoms with E-state index in [9.17, 15) is 4.39 Å². The second-order valence-corrected chi connectivity index (χ2v) is 5.55. The van der Waals surface area contributed by atoms with Crippen LogP contribution in [0.4, 0.5) is 4.39 Å². The van der Waals surface area contributed by atoms with Crippen LogP contribution in [0.3, 0.4) is 0 Å². The molecule has 2 N–H and O–H groups in total. The van der Waals surface area contributed by atoms with Gasteiger partial charge in [-0.3, -0.25) is 4.99 Å². The summed E-state index contributed by atoms with van der Waals surface area (Å²) in [5, 5.41) is 6.46. The van der Waals surface area contributed by atoms with Gasteiger partial charge in [0.05, 0.1) is 5.60 Å². The molecule has 21 heavy (non-hydrogen) atoms. The zero-order valence-electron chi connectivity index (χ0n) is 13.4. The van der Waals surface area contributed by atoms with Crippen molar-refractivity contribution < 1.29 is 9.13 Å². The second-order valence-electron chi connectivity index (χ2n) is 5.55. The Kier molecular flexibility index (Phi) is 7.15. The molecule has 0 aliphatic carbocycles. The summed E-state index contributed by atoms with van der Waals surface area (Å²) in [5.41, 5.74) is 0.777. The first-order chi connectivity index (χ1) is 9.96. The lowest BCUT2D eigenvalue weighted by molar-refractivity contribution is 0.0268. The van der Waals surface area contributed by atoms with Gasteiger partial charge in [-0.25, -0.2) is 4.39 Å². The Morgan fingerprint density at radius 1 is 1.33 bits per heavy atom. The number of aliphatic imine (C=N–C) groups is 1. The van der Waals surface area contributed by atoms with Crippen molar-refractivity contribution >= 4 is 5.96 Å². The fourth-order valence-corrected chi connectivity index (χ4v) is 1.78. The fraction of sp³-hybridized carbons (Fsp3) is 0.562. The van der Waals surface area contributed by atoms with Crippen LogP contribution in [0.5, 0.6) is 0 Å². The number of nitrogens with zero attached hydrogens (tertiary/aromatic N) is 1. The Morgan fingerprint density at radius 3 is 2.71 bits per heavy atom. The average Bonchev–Trinajstić information content (AvgIpc) is 2.46. The maximum Gasteiger partial charge on any atom is 0.191 e. The summed E-state index contributed by atoms with van der Waals surface area (Å²) in [6.07, 6.45) is 1.75. The molecule has 0 radical (unpaired) electrons. The number of nitrogens with one attached hydrogen (secondary N) is 2. The second kappa shape index (κ2) is 8.62. The largest absolute Gasteiger partial charge is 0.377 e. The first kappa shape index (κ1) is 17.4. The van der Waals surface area contributed by atoms with E-state index in [1.807, 2.05) is 19.9 Å². The summed E-state index contributed by atoms with van der Waals surface area (Å²) in [6, 6.07) is 6.72. The van der Waals surface area contributed by atoms with Gasteiger partial charge in [-0.2, -0.15) is 0 Å². The van der Waals surface area contributed by atoms with Gasteiger partial charge in [0, 0.05) is 27.2 Å². The van der Waals surface area contributed by atoms with E-state index < -0.39 is 0 Å². The SMILES string of the molecule is CN=C(NCCCc1cccc(F)c1)NCC(C)(C)OC. The van der Waals surface area contributed by atoms with E-state index in [1.165, 1.54) is 6.07 Å². The highest BCUT2D eigenvalue weighted by molar-refractivity contribution is 5.79. The third kappa shape index (κ3) is 7.09. The van der Waals surface area contributed by atoms with Gasteiger partial charge in [0.2, 0.25) is 0 Å². The van der Waals surface area contributed by atoms with E-state index in [0.717, 1.165) is 30.9 Å². The molecule has 0 bridgehead atoms. The van der Waals surface area contributed by atoms with Crippen LogP contribution < -0.4 is 10.6 Å². The van der Waals surface area contributed by atoms with E-state index in [1.54, 1.807) is 26.3 Å². The van der Waals surface area contributed by atoms with Crippen LogP contribution in [-0.4, -0.2) is 38.8 Å². The van der Waals surface area contributed by atoms with Crippen molar-refractivity contribution in [3.63, 3.8) is 0 Å². The van der Waals surface area contributed by atoms with Gasteiger partial charge < -0.3 is 15.4 Å². The van der Waals surface area contributed by atoms with Crippen molar-refractivity contribution in [1.82, 2.24) is 10.6 Å². The van der Waals surface area contributed by atoms with Crippen LogP contribution in [0.25, 0.3) is 0 Å². The molecular formula is C16H26FN3O. The normalized spacial score (nSPS) is 12.3. The van der Waals surface area contributed by atoms with Crippen LogP contribution >= 0.6 is 0 Å². The number of rotatable bonds is 7. The lowest BCUT2D eigenvalue weighted by Gasteiger charge is -2.24. The smallest absolute Gasteiger partial charge is 0.191 e. The first-order valence-corrected chi connectivity index (χ1v) is 7.21. The van der Waals surface area contributed by atoms with Gasteiger partial charge >= 0.3 is 0 Å². The lowest BCUT2D eigenvalue weighted by atomic mass is 10.1. The van der Waals surface area contributed by atoms with E-state index in [-0.39, 0.29) is 11.4 Å². The number of hydrogen-bond donors (Lipinski definition) is 2.